The van der Waals surface area contributed by atoms with Gasteiger partial charge in [-0.1, -0.05) is 45.9 Å². The van der Waals surface area contributed by atoms with E-state index in [1.54, 1.807) is 0 Å². The first-order valence-corrected chi connectivity index (χ1v) is 7.40. The molecule has 0 spiro atoms. The number of aliphatic carboxylic acids is 1. The summed E-state index contributed by atoms with van der Waals surface area (Å²) in [5.74, 6) is 1.09. The van der Waals surface area contributed by atoms with Gasteiger partial charge in [0.05, 0.1) is 6.61 Å². The van der Waals surface area contributed by atoms with Crippen molar-refractivity contribution in [2.75, 3.05) is 6.61 Å². The van der Waals surface area contributed by atoms with Crippen LogP contribution in [0.5, 0.6) is 5.75 Å². The summed E-state index contributed by atoms with van der Waals surface area (Å²) in [6, 6.07) is 6.31. The van der Waals surface area contributed by atoms with Crippen molar-refractivity contribution in [3.05, 3.63) is 29.3 Å². The van der Waals surface area contributed by atoms with Gasteiger partial charge in [-0.3, -0.25) is 4.79 Å². The molecule has 0 fully saturated rings. The summed E-state index contributed by atoms with van der Waals surface area (Å²) in [4.78, 5) is 10.5. The molecule has 0 atom stereocenters. The molecule has 0 aliphatic heterocycles. The van der Waals surface area contributed by atoms with E-state index in [9.17, 15) is 4.79 Å². The Labute approximate surface area is 122 Å². The fraction of sp³-hybridized carbons (Fsp3) is 0.588. The highest BCUT2D eigenvalue weighted by atomic mass is 16.5. The molecule has 1 aromatic rings. The van der Waals surface area contributed by atoms with Crippen LogP contribution in [0.25, 0.3) is 0 Å². The molecule has 0 amide bonds. The maximum Gasteiger partial charge on any atom is 0.303 e. The first-order valence-electron chi connectivity index (χ1n) is 7.40. The molecule has 20 heavy (non-hydrogen) atoms. The summed E-state index contributed by atoms with van der Waals surface area (Å²) in [6.45, 7) is 9.23. The van der Waals surface area contributed by atoms with Gasteiger partial charge in [-0.05, 0) is 35.8 Å². The molecule has 1 aromatic carbocycles. The average Bonchev–Trinajstić information content (AvgIpc) is 2.37. The van der Waals surface area contributed by atoms with Gasteiger partial charge in [-0.25, -0.2) is 0 Å². The molecule has 0 heterocycles. The van der Waals surface area contributed by atoms with Crippen molar-refractivity contribution in [2.45, 2.75) is 58.8 Å². The number of carboxylic acids is 1. The van der Waals surface area contributed by atoms with Gasteiger partial charge in [0.1, 0.15) is 5.75 Å². The molecule has 0 bridgehead atoms. The molecule has 3 heteroatoms. The Morgan fingerprint density at radius 1 is 1.10 bits per heavy atom. The molecule has 0 saturated heterocycles. The third-order valence-electron chi connectivity index (χ3n) is 3.35. The Kier molecular flexibility index (Phi) is 6.56. The molecule has 1 N–H and O–H groups in total. The Morgan fingerprint density at radius 2 is 1.65 bits per heavy atom. The second kappa shape index (κ2) is 7.93. The maximum atomic E-state index is 10.5. The molecule has 0 unspecified atom stereocenters. The minimum absolute atomic E-state index is 0.215. The summed E-state index contributed by atoms with van der Waals surface area (Å²) in [6.07, 6.45) is 1.65. The third kappa shape index (κ3) is 4.87. The van der Waals surface area contributed by atoms with E-state index in [-0.39, 0.29) is 6.42 Å². The summed E-state index contributed by atoms with van der Waals surface area (Å²) in [5, 5.41) is 8.62. The molecule has 0 radical (unpaired) electrons. The van der Waals surface area contributed by atoms with Gasteiger partial charge in [0.2, 0.25) is 0 Å². The SMILES string of the molecule is CC(C)c1cccc(C(C)C)c1OCCCCC(=O)O. The molecule has 0 aliphatic rings. The summed E-state index contributed by atoms with van der Waals surface area (Å²) < 4.78 is 5.98. The number of ether oxygens (including phenoxy) is 1. The molecule has 112 valence electrons. The van der Waals surface area contributed by atoms with Crippen LogP contribution in [-0.4, -0.2) is 17.7 Å². The van der Waals surface area contributed by atoms with E-state index in [1.807, 2.05) is 0 Å². The minimum Gasteiger partial charge on any atom is -0.493 e. The van der Waals surface area contributed by atoms with Crippen LogP contribution in [0.4, 0.5) is 0 Å². The lowest BCUT2D eigenvalue weighted by atomic mass is 9.94. The normalized spacial score (nSPS) is 11.1. The van der Waals surface area contributed by atoms with Crippen LogP contribution < -0.4 is 4.74 Å². The number of carboxylic acid groups (broad SMARTS) is 1. The zero-order chi connectivity index (χ0) is 15.1. The first kappa shape index (κ1) is 16.5. The monoisotopic (exact) mass is 278 g/mol. The summed E-state index contributed by atoms with van der Waals surface area (Å²) in [7, 11) is 0. The number of hydrogen-bond donors (Lipinski definition) is 1. The van der Waals surface area contributed by atoms with Crippen molar-refractivity contribution < 1.29 is 14.6 Å². The van der Waals surface area contributed by atoms with Crippen LogP contribution in [0.1, 0.15) is 69.9 Å². The highest BCUT2D eigenvalue weighted by Crippen LogP contribution is 2.34. The standard InChI is InChI=1S/C17H26O3/c1-12(2)14-8-7-9-15(13(3)4)17(14)20-11-6-5-10-16(18)19/h7-9,12-13H,5-6,10-11H2,1-4H3,(H,18,19). The highest BCUT2D eigenvalue weighted by molar-refractivity contribution is 5.66. The first-order chi connectivity index (χ1) is 9.43. The van der Waals surface area contributed by atoms with Crippen LogP contribution >= 0.6 is 0 Å². The van der Waals surface area contributed by atoms with Gasteiger partial charge in [-0.15, -0.1) is 0 Å². The Morgan fingerprint density at radius 3 is 2.10 bits per heavy atom. The molecule has 3 nitrogen and oxygen atoms in total. The number of unbranched alkanes of at least 4 members (excludes halogenated alkanes) is 1. The largest absolute Gasteiger partial charge is 0.493 e. The van der Waals surface area contributed by atoms with E-state index in [1.165, 1.54) is 11.1 Å². The predicted molar refractivity (Wildman–Crippen MR) is 81.6 cm³/mol. The fourth-order valence-corrected chi connectivity index (χ4v) is 2.20. The molecule has 0 aromatic heterocycles. The van der Waals surface area contributed by atoms with Crippen molar-refractivity contribution in [1.29, 1.82) is 0 Å². The zero-order valence-corrected chi connectivity index (χ0v) is 13.0. The predicted octanol–water partition coefficient (Wildman–Crippen LogP) is 4.57. The highest BCUT2D eigenvalue weighted by Gasteiger charge is 2.14. The lowest BCUT2D eigenvalue weighted by molar-refractivity contribution is -0.137. The Hall–Kier alpha value is -1.51. The maximum absolute atomic E-state index is 10.5. The number of benzene rings is 1. The summed E-state index contributed by atoms with van der Waals surface area (Å²) in [5.41, 5.74) is 2.46. The molecule has 0 saturated carbocycles. The molecular weight excluding hydrogens is 252 g/mol. The van der Waals surface area contributed by atoms with Crippen LogP contribution in [-0.2, 0) is 4.79 Å². The van der Waals surface area contributed by atoms with E-state index < -0.39 is 5.97 Å². The van der Waals surface area contributed by atoms with E-state index in [4.69, 9.17) is 9.84 Å². The second-order valence-electron chi connectivity index (χ2n) is 5.77. The Balaban J connectivity index is 2.73. The van der Waals surface area contributed by atoms with Gasteiger partial charge in [0, 0.05) is 6.42 Å². The van der Waals surface area contributed by atoms with Gasteiger partial charge in [0.25, 0.3) is 0 Å². The van der Waals surface area contributed by atoms with Crippen LogP contribution in [0, 0.1) is 0 Å². The van der Waals surface area contributed by atoms with Gasteiger partial charge in [0.15, 0.2) is 0 Å². The van der Waals surface area contributed by atoms with E-state index in [2.05, 4.69) is 45.9 Å². The topological polar surface area (TPSA) is 46.5 Å². The fourth-order valence-electron chi connectivity index (χ4n) is 2.20. The molecular formula is C17H26O3. The molecule has 0 aliphatic carbocycles. The van der Waals surface area contributed by atoms with Crippen molar-refractivity contribution in [1.82, 2.24) is 0 Å². The lowest BCUT2D eigenvalue weighted by Gasteiger charge is -2.19. The van der Waals surface area contributed by atoms with Crippen molar-refractivity contribution in [3.63, 3.8) is 0 Å². The van der Waals surface area contributed by atoms with Crippen molar-refractivity contribution >= 4 is 5.97 Å². The zero-order valence-electron chi connectivity index (χ0n) is 13.0. The average molecular weight is 278 g/mol. The number of para-hydroxylation sites is 1. The van der Waals surface area contributed by atoms with Crippen molar-refractivity contribution in [2.24, 2.45) is 0 Å². The Bertz CT molecular complexity index is 410. The van der Waals surface area contributed by atoms with Crippen molar-refractivity contribution in [3.8, 4) is 5.75 Å². The number of carbonyl (C=O) groups is 1. The van der Waals surface area contributed by atoms with Crippen LogP contribution in [0.3, 0.4) is 0 Å². The quantitative estimate of drug-likeness (QED) is 0.709. The second-order valence-corrected chi connectivity index (χ2v) is 5.77. The van der Waals surface area contributed by atoms with E-state index >= 15 is 0 Å². The van der Waals surface area contributed by atoms with Crippen LogP contribution in [0.2, 0.25) is 0 Å². The smallest absolute Gasteiger partial charge is 0.303 e. The number of hydrogen-bond acceptors (Lipinski definition) is 2. The van der Waals surface area contributed by atoms with Gasteiger partial charge < -0.3 is 9.84 Å². The molecule has 1 rings (SSSR count). The third-order valence-corrected chi connectivity index (χ3v) is 3.35. The van der Waals surface area contributed by atoms with Crippen LogP contribution in [0.15, 0.2) is 18.2 Å². The van der Waals surface area contributed by atoms with E-state index in [0.29, 0.717) is 24.9 Å². The van der Waals surface area contributed by atoms with E-state index in [0.717, 1.165) is 12.2 Å². The lowest BCUT2D eigenvalue weighted by Crippen LogP contribution is -2.06. The van der Waals surface area contributed by atoms with Gasteiger partial charge >= 0.3 is 5.97 Å². The summed E-state index contributed by atoms with van der Waals surface area (Å²) >= 11 is 0. The number of rotatable bonds is 8. The van der Waals surface area contributed by atoms with Gasteiger partial charge in [-0.2, -0.15) is 0 Å². The minimum atomic E-state index is -0.740.